The third-order valence-electron chi connectivity index (χ3n) is 4.16. The van der Waals surface area contributed by atoms with Gasteiger partial charge < -0.3 is 19.6 Å². The Balaban J connectivity index is 5.70. The van der Waals surface area contributed by atoms with Gasteiger partial charge in [0.05, 0.1) is 6.10 Å². The summed E-state index contributed by atoms with van der Waals surface area (Å²) in [6.07, 6.45) is -4.78. The first kappa shape index (κ1) is 22.8. The van der Waals surface area contributed by atoms with Gasteiger partial charge in [-0.2, -0.15) is 0 Å². The number of halogens is 2. The van der Waals surface area contributed by atoms with Crippen LogP contribution in [0, 0.1) is 0 Å². The van der Waals surface area contributed by atoms with Gasteiger partial charge >= 0.3 is 12.1 Å². The lowest BCUT2D eigenvalue weighted by Crippen LogP contribution is -2.64. The largest absolute Gasteiger partial charge is 0.479 e. The van der Waals surface area contributed by atoms with Crippen molar-refractivity contribution in [2.75, 3.05) is 0 Å². The average Bonchev–Trinajstić information content (AvgIpc) is 2.32. The van der Waals surface area contributed by atoms with E-state index in [-0.39, 0.29) is 0 Å². The lowest BCUT2D eigenvalue weighted by molar-refractivity contribution is -0.162. The standard InChI is InChI=1S/C15H29F2NO5Si/c1-9(2)22-13(21)18-10(11(16)17)15(6,12(19)20)23-24(7,8)14(3,4)5/h9-11H,1-8H3,(H,18,21)(H,19,20)/t10-,15+/m0/s1. The summed E-state index contributed by atoms with van der Waals surface area (Å²) in [5.41, 5.74) is -2.28. The van der Waals surface area contributed by atoms with Crippen LogP contribution in [0.1, 0.15) is 41.5 Å². The molecule has 0 aromatic carbocycles. The van der Waals surface area contributed by atoms with E-state index in [4.69, 9.17) is 9.16 Å². The zero-order valence-electron chi connectivity index (χ0n) is 15.6. The fourth-order valence-electron chi connectivity index (χ4n) is 1.74. The summed E-state index contributed by atoms with van der Waals surface area (Å²) in [4.78, 5) is 23.4. The molecule has 0 heterocycles. The molecule has 6 nitrogen and oxygen atoms in total. The molecular formula is C15H29F2NO5Si. The monoisotopic (exact) mass is 369 g/mol. The number of alkyl carbamates (subject to hydrolysis) is 1. The highest BCUT2D eigenvalue weighted by Gasteiger charge is 2.54. The maximum absolute atomic E-state index is 13.5. The van der Waals surface area contributed by atoms with Crippen LogP contribution in [0.2, 0.25) is 18.1 Å². The van der Waals surface area contributed by atoms with Crippen LogP contribution in [0.4, 0.5) is 13.6 Å². The number of alkyl halides is 2. The molecule has 0 radical (unpaired) electrons. The molecule has 142 valence electrons. The predicted octanol–water partition coefficient (Wildman–Crippen LogP) is 3.62. The normalized spacial score (nSPS) is 16.7. The van der Waals surface area contributed by atoms with Gasteiger partial charge in [-0.3, -0.25) is 0 Å². The van der Waals surface area contributed by atoms with Gasteiger partial charge in [0.15, 0.2) is 13.9 Å². The molecule has 2 N–H and O–H groups in total. The number of carboxylic acid groups (broad SMARTS) is 1. The van der Waals surface area contributed by atoms with Crippen LogP contribution in [0.15, 0.2) is 0 Å². The maximum Gasteiger partial charge on any atom is 0.407 e. The summed E-state index contributed by atoms with van der Waals surface area (Å²) in [6, 6.07) is -2.05. The van der Waals surface area contributed by atoms with Crippen molar-refractivity contribution in [1.29, 1.82) is 0 Å². The minimum atomic E-state index is -3.14. The molecule has 0 spiro atoms. The first-order valence-electron chi connectivity index (χ1n) is 7.73. The molecule has 0 rings (SSSR count). The van der Waals surface area contributed by atoms with E-state index < -0.39 is 49.6 Å². The number of aliphatic carboxylic acids is 1. The predicted molar refractivity (Wildman–Crippen MR) is 88.9 cm³/mol. The summed E-state index contributed by atoms with van der Waals surface area (Å²) >= 11 is 0. The maximum atomic E-state index is 13.5. The van der Waals surface area contributed by atoms with Gasteiger partial charge in [0.1, 0.15) is 6.04 Å². The highest BCUT2D eigenvalue weighted by molar-refractivity contribution is 6.74. The SMILES string of the molecule is CC(C)OC(=O)N[C@@H](C(F)F)[C@@](C)(O[Si](C)(C)C(C)(C)C)C(=O)O. The van der Waals surface area contributed by atoms with Crippen molar-refractivity contribution in [2.45, 2.75) is 83.8 Å². The number of carboxylic acids is 1. The Bertz CT molecular complexity index is 465. The van der Waals surface area contributed by atoms with Gasteiger partial charge in [-0.25, -0.2) is 18.4 Å². The molecule has 0 aromatic heterocycles. The van der Waals surface area contributed by atoms with Crippen LogP contribution in [0.25, 0.3) is 0 Å². The number of hydrogen-bond acceptors (Lipinski definition) is 4. The van der Waals surface area contributed by atoms with Crippen LogP contribution >= 0.6 is 0 Å². The highest BCUT2D eigenvalue weighted by atomic mass is 28.4. The van der Waals surface area contributed by atoms with Crippen LogP contribution < -0.4 is 5.32 Å². The number of carbonyl (C=O) groups excluding carboxylic acids is 1. The number of amides is 1. The van der Waals surface area contributed by atoms with Gasteiger partial charge in [-0.05, 0) is 38.9 Å². The third kappa shape index (κ3) is 5.69. The molecule has 0 aliphatic heterocycles. The highest BCUT2D eigenvalue weighted by Crippen LogP contribution is 2.40. The second-order valence-electron chi connectivity index (χ2n) is 7.69. The number of nitrogens with one attached hydrogen (secondary N) is 1. The third-order valence-corrected chi connectivity index (χ3v) is 8.71. The number of rotatable bonds is 7. The minimum absolute atomic E-state index is 0.394. The summed E-state index contributed by atoms with van der Waals surface area (Å²) in [5.74, 6) is -1.57. The average molecular weight is 369 g/mol. The lowest BCUT2D eigenvalue weighted by atomic mass is 9.97. The zero-order valence-corrected chi connectivity index (χ0v) is 16.6. The Morgan fingerprint density at radius 2 is 1.58 bits per heavy atom. The van der Waals surface area contributed by atoms with Crippen molar-refractivity contribution in [3.63, 3.8) is 0 Å². The van der Waals surface area contributed by atoms with Crippen molar-refractivity contribution in [3.05, 3.63) is 0 Å². The molecule has 0 saturated heterocycles. The molecule has 0 fully saturated rings. The molecule has 0 aliphatic rings. The Labute approximate surface area is 143 Å². The molecule has 0 saturated carbocycles. The van der Waals surface area contributed by atoms with Crippen LogP contribution in [0.5, 0.6) is 0 Å². The summed E-state index contributed by atoms with van der Waals surface area (Å²) in [5, 5.41) is 11.1. The van der Waals surface area contributed by atoms with E-state index in [1.165, 1.54) is 0 Å². The Morgan fingerprint density at radius 3 is 1.88 bits per heavy atom. The van der Waals surface area contributed by atoms with E-state index >= 15 is 0 Å². The van der Waals surface area contributed by atoms with Crippen LogP contribution in [-0.2, 0) is 14.0 Å². The Morgan fingerprint density at radius 1 is 1.12 bits per heavy atom. The molecule has 0 bridgehead atoms. The lowest BCUT2D eigenvalue weighted by Gasteiger charge is -2.44. The van der Waals surface area contributed by atoms with E-state index in [1.54, 1.807) is 26.9 Å². The fraction of sp³-hybridized carbons (Fsp3) is 0.867. The van der Waals surface area contributed by atoms with Crippen molar-refractivity contribution in [1.82, 2.24) is 5.32 Å². The molecule has 0 aromatic rings. The van der Waals surface area contributed by atoms with Crippen molar-refractivity contribution >= 4 is 20.4 Å². The second kappa shape index (κ2) is 7.77. The van der Waals surface area contributed by atoms with Gasteiger partial charge in [0.25, 0.3) is 6.43 Å². The Hall–Kier alpha value is -1.22. The summed E-state index contributed by atoms with van der Waals surface area (Å²) in [6.45, 7) is 13.3. The minimum Gasteiger partial charge on any atom is -0.479 e. The molecule has 0 unspecified atom stereocenters. The van der Waals surface area contributed by atoms with E-state index in [0.717, 1.165) is 6.92 Å². The molecule has 1 amide bonds. The van der Waals surface area contributed by atoms with E-state index in [1.807, 2.05) is 26.1 Å². The molecule has 2 atom stereocenters. The zero-order chi connectivity index (χ0) is 19.5. The quantitative estimate of drug-likeness (QED) is 0.670. The summed E-state index contributed by atoms with van der Waals surface area (Å²) in [7, 11) is -2.70. The van der Waals surface area contributed by atoms with Crippen molar-refractivity contribution in [2.24, 2.45) is 0 Å². The Kier molecular flexibility index (Phi) is 7.38. The van der Waals surface area contributed by atoms with E-state index in [0.29, 0.717) is 0 Å². The van der Waals surface area contributed by atoms with Gasteiger partial charge in [-0.1, -0.05) is 20.8 Å². The van der Waals surface area contributed by atoms with Crippen molar-refractivity contribution < 1.29 is 32.6 Å². The van der Waals surface area contributed by atoms with Gasteiger partial charge in [0, 0.05) is 0 Å². The van der Waals surface area contributed by atoms with Crippen molar-refractivity contribution in [3.8, 4) is 0 Å². The van der Waals surface area contributed by atoms with E-state index in [2.05, 4.69) is 0 Å². The number of carbonyl (C=O) groups is 2. The second-order valence-corrected chi connectivity index (χ2v) is 12.4. The van der Waals surface area contributed by atoms with Crippen LogP contribution in [0.3, 0.4) is 0 Å². The first-order valence-corrected chi connectivity index (χ1v) is 10.6. The van der Waals surface area contributed by atoms with Gasteiger partial charge in [-0.15, -0.1) is 0 Å². The molecule has 24 heavy (non-hydrogen) atoms. The first-order chi connectivity index (χ1) is 10.5. The number of hydrogen-bond donors (Lipinski definition) is 2. The molecular weight excluding hydrogens is 340 g/mol. The topological polar surface area (TPSA) is 84.9 Å². The van der Waals surface area contributed by atoms with E-state index in [9.17, 15) is 23.5 Å². The van der Waals surface area contributed by atoms with Gasteiger partial charge in [0.2, 0.25) is 0 Å². The summed E-state index contributed by atoms with van der Waals surface area (Å²) < 4.78 is 37.6. The smallest absolute Gasteiger partial charge is 0.407 e. The fourth-order valence-corrected chi connectivity index (χ4v) is 3.32. The number of ether oxygens (including phenoxy) is 1. The van der Waals surface area contributed by atoms with Crippen LogP contribution in [-0.4, -0.2) is 49.7 Å². The molecule has 9 heteroatoms. The molecule has 0 aliphatic carbocycles.